The van der Waals surface area contributed by atoms with Crippen LogP contribution in [-0.4, -0.2) is 24.1 Å². The van der Waals surface area contributed by atoms with Gasteiger partial charge < -0.3 is 9.47 Å². The largest absolute Gasteiger partial charge is 0.458 e. The monoisotopic (exact) mass is 319 g/mol. The summed E-state index contributed by atoms with van der Waals surface area (Å²) in [6.45, 7) is 8.31. The molecule has 2 saturated carbocycles. The van der Waals surface area contributed by atoms with Crippen molar-refractivity contribution >= 4 is 11.9 Å². The molecule has 3 rings (SSSR count). The van der Waals surface area contributed by atoms with Crippen LogP contribution >= 0.6 is 0 Å². The Morgan fingerprint density at radius 2 is 2.26 bits per heavy atom. The van der Waals surface area contributed by atoms with E-state index in [4.69, 9.17) is 9.47 Å². The number of nitriles is 1. The van der Waals surface area contributed by atoms with Gasteiger partial charge in [0.05, 0.1) is 12.0 Å². The standard InChI is InChI=1S/C18H25NO4/c1-5-17(3,4)7-10(2)15(20)22-13-11-6-12-14(13)23-16(21)18(12,8-11)9-19/h10-14H,5-8H2,1-4H3/t10-,11?,12?,13?,14?,18?/m1/s1. The predicted octanol–water partition coefficient (Wildman–Crippen LogP) is 2.84. The molecule has 0 aromatic heterocycles. The van der Waals surface area contributed by atoms with Crippen LogP contribution in [0.15, 0.2) is 0 Å². The lowest BCUT2D eigenvalue weighted by molar-refractivity contribution is -0.166. The first kappa shape index (κ1) is 16.3. The molecular formula is C18H25NO4. The summed E-state index contributed by atoms with van der Waals surface area (Å²) < 4.78 is 11.1. The third-order valence-corrected chi connectivity index (χ3v) is 6.24. The maximum atomic E-state index is 12.4. The van der Waals surface area contributed by atoms with Crippen molar-refractivity contribution < 1.29 is 19.1 Å². The quantitative estimate of drug-likeness (QED) is 0.728. The summed E-state index contributed by atoms with van der Waals surface area (Å²) in [7, 11) is 0. The van der Waals surface area contributed by atoms with Crippen LogP contribution in [0.4, 0.5) is 0 Å². The molecule has 126 valence electrons. The van der Waals surface area contributed by atoms with E-state index in [1.165, 1.54) is 0 Å². The van der Waals surface area contributed by atoms with Crippen LogP contribution in [0.3, 0.4) is 0 Å². The van der Waals surface area contributed by atoms with Crippen LogP contribution in [0, 0.1) is 39.9 Å². The SMILES string of the molecule is CCC(C)(C)C[C@@H](C)C(=O)OC1C2CC3C1OC(=O)C3(C#N)C2. The highest BCUT2D eigenvalue weighted by Crippen LogP contribution is 2.62. The average molecular weight is 319 g/mol. The highest BCUT2D eigenvalue weighted by molar-refractivity contribution is 5.84. The highest BCUT2D eigenvalue weighted by Gasteiger charge is 2.72. The van der Waals surface area contributed by atoms with E-state index in [1.807, 2.05) is 6.92 Å². The van der Waals surface area contributed by atoms with E-state index < -0.39 is 17.5 Å². The molecule has 0 N–H and O–H groups in total. The van der Waals surface area contributed by atoms with Gasteiger partial charge in [-0.1, -0.05) is 34.1 Å². The summed E-state index contributed by atoms with van der Waals surface area (Å²) in [5.41, 5.74) is -0.878. The number of fused-ring (bicyclic) bond motifs is 1. The van der Waals surface area contributed by atoms with Crippen LogP contribution in [-0.2, 0) is 19.1 Å². The van der Waals surface area contributed by atoms with E-state index in [1.54, 1.807) is 0 Å². The Hall–Kier alpha value is -1.57. The molecule has 23 heavy (non-hydrogen) atoms. The molecule has 3 fully saturated rings. The molecule has 2 bridgehead atoms. The zero-order chi connectivity index (χ0) is 17.0. The number of esters is 2. The number of rotatable bonds is 5. The van der Waals surface area contributed by atoms with Gasteiger partial charge in [-0.25, -0.2) is 0 Å². The highest BCUT2D eigenvalue weighted by atomic mass is 16.6. The molecule has 5 heteroatoms. The van der Waals surface area contributed by atoms with Crippen LogP contribution in [0.5, 0.6) is 0 Å². The van der Waals surface area contributed by atoms with Gasteiger partial charge in [-0.05, 0) is 24.7 Å². The number of hydrogen-bond acceptors (Lipinski definition) is 5. The summed E-state index contributed by atoms with van der Waals surface area (Å²) >= 11 is 0. The zero-order valence-corrected chi connectivity index (χ0v) is 14.3. The maximum Gasteiger partial charge on any atom is 0.327 e. The smallest absolute Gasteiger partial charge is 0.327 e. The minimum Gasteiger partial charge on any atom is -0.458 e. The van der Waals surface area contributed by atoms with E-state index in [2.05, 4.69) is 26.8 Å². The molecule has 3 aliphatic rings. The topological polar surface area (TPSA) is 76.4 Å². The van der Waals surface area contributed by atoms with Crippen molar-refractivity contribution in [3.05, 3.63) is 0 Å². The first-order valence-corrected chi connectivity index (χ1v) is 8.57. The lowest BCUT2D eigenvalue weighted by atomic mass is 9.74. The fraction of sp³-hybridized carbons (Fsp3) is 0.833. The molecule has 2 aliphatic carbocycles. The summed E-state index contributed by atoms with van der Waals surface area (Å²) in [6, 6.07) is 2.17. The molecule has 1 aliphatic heterocycles. The maximum absolute atomic E-state index is 12.4. The third-order valence-electron chi connectivity index (χ3n) is 6.24. The van der Waals surface area contributed by atoms with E-state index in [0.717, 1.165) is 19.3 Å². The lowest BCUT2D eigenvalue weighted by Crippen LogP contribution is -2.40. The van der Waals surface area contributed by atoms with Gasteiger partial charge in [0.1, 0.15) is 12.2 Å². The third kappa shape index (κ3) is 2.34. The van der Waals surface area contributed by atoms with Gasteiger partial charge in [0.15, 0.2) is 5.41 Å². The average Bonchev–Trinajstić information content (AvgIpc) is 3.08. The van der Waals surface area contributed by atoms with Crippen LogP contribution < -0.4 is 0 Å². The number of ether oxygens (including phenoxy) is 2. The molecule has 0 aromatic carbocycles. The van der Waals surface area contributed by atoms with Crippen molar-refractivity contribution in [1.29, 1.82) is 5.26 Å². The van der Waals surface area contributed by atoms with Crippen LogP contribution in [0.1, 0.15) is 53.4 Å². The summed E-state index contributed by atoms with van der Waals surface area (Å²) in [4.78, 5) is 24.5. The molecule has 1 heterocycles. The zero-order valence-electron chi connectivity index (χ0n) is 14.3. The first-order valence-electron chi connectivity index (χ1n) is 8.57. The molecule has 0 amide bonds. The summed E-state index contributed by atoms with van der Waals surface area (Å²) in [5, 5.41) is 9.39. The van der Waals surface area contributed by atoms with Crippen molar-refractivity contribution in [3.8, 4) is 6.07 Å². The fourth-order valence-corrected chi connectivity index (χ4v) is 4.59. The lowest BCUT2D eigenvalue weighted by Gasteiger charge is -2.30. The summed E-state index contributed by atoms with van der Waals surface area (Å²) in [6.07, 6.45) is 2.20. The van der Waals surface area contributed by atoms with Gasteiger partial charge >= 0.3 is 11.9 Å². The number of hydrogen-bond donors (Lipinski definition) is 0. The Balaban J connectivity index is 1.66. The second-order valence-corrected chi connectivity index (χ2v) is 8.28. The van der Waals surface area contributed by atoms with E-state index in [0.29, 0.717) is 6.42 Å². The molecule has 1 saturated heterocycles. The minimum absolute atomic E-state index is 0.0754. The van der Waals surface area contributed by atoms with Gasteiger partial charge in [0, 0.05) is 11.8 Å². The molecule has 5 unspecified atom stereocenters. The molecular weight excluding hydrogens is 294 g/mol. The molecule has 0 radical (unpaired) electrons. The minimum atomic E-state index is -0.978. The summed E-state index contributed by atoms with van der Waals surface area (Å²) in [5.74, 6) is -0.843. The van der Waals surface area contributed by atoms with Crippen molar-refractivity contribution in [3.63, 3.8) is 0 Å². The van der Waals surface area contributed by atoms with Gasteiger partial charge in [-0.3, -0.25) is 9.59 Å². The van der Waals surface area contributed by atoms with Crippen LogP contribution in [0.2, 0.25) is 0 Å². The Morgan fingerprint density at radius 3 is 2.87 bits per heavy atom. The van der Waals surface area contributed by atoms with Crippen LogP contribution in [0.25, 0.3) is 0 Å². The van der Waals surface area contributed by atoms with Crippen molar-refractivity contribution in [2.75, 3.05) is 0 Å². The fourth-order valence-electron chi connectivity index (χ4n) is 4.59. The second-order valence-electron chi connectivity index (χ2n) is 8.28. The van der Waals surface area contributed by atoms with Crippen molar-refractivity contribution in [2.24, 2.45) is 28.6 Å². The van der Waals surface area contributed by atoms with Crippen molar-refractivity contribution in [2.45, 2.75) is 65.6 Å². The number of nitrogens with zero attached hydrogens (tertiary/aromatic N) is 1. The Bertz CT molecular complexity index is 578. The van der Waals surface area contributed by atoms with Gasteiger partial charge in [0.25, 0.3) is 0 Å². The van der Waals surface area contributed by atoms with E-state index in [-0.39, 0.29) is 35.2 Å². The number of carbonyl (C=O) groups excluding carboxylic acids is 2. The van der Waals surface area contributed by atoms with Gasteiger partial charge in [-0.15, -0.1) is 0 Å². The number of carbonyl (C=O) groups is 2. The normalized spacial score (nSPS) is 39.0. The molecule has 0 spiro atoms. The molecule has 6 atom stereocenters. The van der Waals surface area contributed by atoms with Gasteiger partial charge in [-0.2, -0.15) is 5.26 Å². The Labute approximate surface area is 137 Å². The van der Waals surface area contributed by atoms with Gasteiger partial charge in [0.2, 0.25) is 0 Å². The predicted molar refractivity (Wildman–Crippen MR) is 81.9 cm³/mol. The Kier molecular flexibility index (Phi) is 3.70. The first-order chi connectivity index (χ1) is 10.7. The van der Waals surface area contributed by atoms with E-state index in [9.17, 15) is 14.9 Å². The van der Waals surface area contributed by atoms with E-state index >= 15 is 0 Å². The Morgan fingerprint density at radius 1 is 1.57 bits per heavy atom. The second kappa shape index (κ2) is 5.22. The van der Waals surface area contributed by atoms with Crippen molar-refractivity contribution in [1.82, 2.24) is 0 Å². The molecule has 5 nitrogen and oxygen atoms in total. The molecule has 0 aromatic rings.